The minimum atomic E-state index is -0.285. The summed E-state index contributed by atoms with van der Waals surface area (Å²) >= 11 is 0. The molecule has 2 aliphatic rings. The Labute approximate surface area is 303 Å². The molecule has 0 bridgehead atoms. The van der Waals surface area contributed by atoms with Crippen molar-refractivity contribution in [2.45, 2.75) is 64.2 Å². The summed E-state index contributed by atoms with van der Waals surface area (Å²) in [6.45, 7) is 9.76. The van der Waals surface area contributed by atoms with Crippen LogP contribution in [0.25, 0.3) is 0 Å². The molecule has 3 aromatic rings. The molecule has 51 heavy (non-hydrogen) atoms. The monoisotopic (exact) mass is 700 g/mol. The number of nitrogens with one attached hydrogen (secondary N) is 2. The maximum atomic E-state index is 13.3. The molecule has 2 amide bonds. The van der Waals surface area contributed by atoms with Gasteiger partial charge in [0.2, 0.25) is 5.91 Å². The average molecular weight is 701 g/mol. The highest BCUT2D eigenvalue weighted by molar-refractivity contribution is 5.97. The molecule has 2 aliphatic heterocycles. The van der Waals surface area contributed by atoms with E-state index in [-0.39, 0.29) is 29.6 Å². The number of benzene rings is 3. The van der Waals surface area contributed by atoms with Crippen LogP contribution < -0.4 is 15.4 Å². The number of piperidine rings is 1. The van der Waals surface area contributed by atoms with E-state index in [2.05, 4.69) is 66.8 Å². The van der Waals surface area contributed by atoms with E-state index in [1.165, 1.54) is 5.56 Å². The van der Waals surface area contributed by atoms with Gasteiger partial charge in [0.25, 0.3) is 5.91 Å². The van der Waals surface area contributed by atoms with Crippen molar-refractivity contribution in [2.75, 3.05) is 71.5 Å². The molecule has 0 aliphatic carbocycles. The van der Waals surface area contributed by atoms with Crippen LogP contribution in [0.2, 0.25) is 0 Å². The number of likely N-dealkylation sites (tertiary alicyclic amines) is 1. The van der Waals surface area contributed by atoms with E-state index in [0.29, 0.717) is 81.8 Å². The van der Waals surface area contributed by atoms with Gasteiger partial charge in [0.1, 0.15) is 17.2 Å². The van der Waals surface area contributed by atoms with E-state index in [1.807, 2.05) is 29.2 Å². The molecule has 5 rings (SSSR count). The topological polar surface area (TPSA) is 124 Å². The predicted octanol–water partition coefficient (Wildman–Crippen LogP) is 5.49. The molecule has 10 heteroatoms. The molecule has 0 saturated carbocycles. The molecule has 1 saturated heterocycles. The summed E-state index contributed by atoms with van der Waals surface area (Å²) in [5.74, 6) is 1.23. The van der Waals surface area contributed by atoms with Gasteiger partial charge in [0.15, 0.2) is 12.4 Å². The molecule has 276 valence electrons. The van der Waals surface area contributed by atoms with Crippen molar-refractivity contribution in [2.24, 2.45) is 5.92 Å². The zero-order valence-electron chi connectivity index (χ0n) is 30.6. The summed E-state index contributed by atoms with van der Waals surface area (Å²) in [4.78, 5) is 29.3. The van der Waals surface area contributed by atoms with Gasteiger partial charge in [-0.3, -0.25) is 9.59 Å². The van der Waals surface area contributed by atoms with Crippen LogP contribution in [0.15, 0.2) is 60.7 Å². The van der Waals surface area contributed by atoms with Gasteiger partial charge < -0.3 is 40.1 Å². The standard InChI is InChI=1S/C41H56N4O6/c1-30(2)8-7-22-45(25-21-42-20-15-32-12-14-36(47)39-40(32)51-29-37(48)43-39)38(49)17-27-50-26-16-31-11-13-35(46)34(28-31)41(18-23-44(3)24-19-41)33-9-5-4-6-10-33/h4-6,9-14,28,30,42,46-47H,7-8,15-27,29H2,1-3H3,(H,43,48). The van der Waals surface area contributed by atoms with Crippen LogP contribution in [-0.2, 0) is 32.6 Å². The van der Waals surface area contributed by atoms with Crippen molar-refractivity contribution in [3.63, 3.8) is 0 Å². The Hall–Kier alpha value is -4.12. The normalized spacial score (nSPS) is 15.6. The lowest BCUT2D eigenvalue weighted by atomic mass is 9.67. The number of fused-ring (bicyclic) bond motifs is 1. The number of hydrogen-bond acceptors (Lipinski definition) is 8. The molecule has 0 spiro atoms. The molecular weight excluding hydrogens is 644 g/mol. The third-order valence-corrected chi connectivity index (χ3v) is 10.3. The van der Waals surface area contributed by atoms with Crippen LogP contribution in [0.3, 0.4) is 0 Å². The first-order chi connectivity index (χ1) is 24.7. The number of anilines is 1. The quantitative estimate of drug-likeness (QED) is 0.102. The summed E-state index contributed by atoms with van der Waals surface area (Å²) in [5.41, 5.74) is 4.35. The fourth-order valence-corrected chi connectivity index (χ4v) is 7.23. The number of phenolic OH excluding ortho intramolecular Hbond substituents is 2. The second-order valence-electron chi connectivity index (χ2n) is 14.4. The van der Waals surface area contributed by atoms with E-state index in [0.717, 1.165) is 55.5 Å². The summed E-state index contributed by atoms with van der Waals surface area (Å²) in [7, 11) is 2.15. The van der Waals surface area contributed by atoms with Crippen LogP contribution in [0.5, 0.6) is 17.2 Å². The highest BCUT2D eigenvalue weighted by Crippen LogP contribution is 2.45. The molecule has 3 aromatic carbocycles. The fourth-order valence-electron chi connectivity index (χ4n) is 7.23. The highest BCUT2D eigenvalue weighted by Gasteiger charge is 2.39. The van der Waals surface area contributed by atoms with Crippen molar-refractivity contribution >= 4 is 17.5 Å². The highest BCUT2D eigenvalue weighted by atomic mass is 16.5. The molecule has 2 heterocycles. The van der Waals surface area contributed by atoms with Crippen LogP contribution in [0, 0.1) is 5.92 Å². The van der Waals surface area contributed by atoms with E-state index in [4.69, 9.17) is 9.47 Å². The number of carbonyl (C=O) groups excluding carboxylic acids is 2. The molecule has 4 N–H and O–H groups in total. The third kappa shape index (κ3) is 10.2. The Kier molecular flexibility index (Phi) is 13.7. The van der Waals surface area contributed by atoms with Crippen LogP contribution >= 0.6 is 0 Å². The molecule has 0 radical (unpaired) electrons. The lowest BCUT2D eigenvalue weighted by Gasteiger charge is -2.42. The van der Waals surface area contributed by atoms with E-state index >= 15 is 0 Å². The van der Waals surface area contributed by atoms with Gasteiger partial charge >= 0.3 is 0 Å². The number of hydrogen-bond donors (Lipinski definition) is 4. The Morgan fingerprint density at radius 1 is 1.00 bits per heavy atom. The number of ether oxygens (including phenoxy) is 2. The molecule has 0 unspecified atom stereocenters. The molecular formula is C41H56N4O6. The van der Waals surface area contributed by atoms with Crippen molar-refractivity contribution in [3.8, 4) is 17.2 Å². The average Bonchev–Trinajstić information content (AvgIpc) is 3.13. The summed E-state index contributed by atoms with van der Waals surface area (Å²) < 4.78 is 11.6. The largest absolute Gasteiger partial charge is 0.508 e. The Morgan fingerprint density at radius 3 is 2.53 bits per heavy atom. The van der Waals surface area contributed by atoms with Gasteiger partial charge in [-0.05, 0) is 99.9 Å². The molecule has 0 aromatic heterocycles. The summed E-state index contributed by atoms with van der Waals surface area (Å²) in [5, 5.41) is 27.3. The minimum absolute atomic E-state index is 0.0106. The third-order valence-electron chi connectivity index (χ3n) is 10.3. The number of aromatic hydroxyl groups is 2. The van der Waals surface area contributed by atoms with Crippen LogP contribution in [0.4, 0.5) is 5.69 Å². The second-order valence-corrected chi connectivity index (χ2v) is 14.4. The van der Waals surface area contributed by atoms with Crippen molar-refractivity contribution < 1.29 is 29.3 Å². The molecule has 1 fully saturated rings. The van der Waals surface area contributed by atoms with Gasteiger partial charge in [0.05, 0.1) is 19.6 Å². The minimum Gasteiger partial charge on any atom is -0.508 e. The SMILES string of the molecule is CC(C)CCCN(CCNCCc1ccc(O)c2c1OCC(=O)N2)C(=O)CCOCCc1ccc(O)c(C2(c3ccccc3)CCN(C)CC2)c1. The zero-order valence-corrected chi connectivity index (χ0v) is 30.6. The van der Waals surface area contributed by atoms with Gasteiger partial charge in [0, 0.05) is 30.6 Å². The van der Waals surface area contributed by atoms with Gasteiger partial charge in [-0.15, -0.1) is 0 Å². The number of rotatable bonds is 18. The summed E-state index contributed by atoms with van der Waals surface area (Å²) in [6, 6.07) is 19.9. The van der Waals surface area contributed by atoms with E-state index in [9.17, 15) is 19.8 Å². The van der Waals surface area contributed by atoms with Gasteiger partial charge in [-0.1, -0.05) is 62.4 Å². The first-order valence-corrected chi connectivity index (χ1v) is 18.6. The Morgan fingerprint density at radius 2 is 1.76 bits per heavy atom. The maximum absolute atomic E-state index is 13.3. The fraction of sp³-hybridized carbons (Fsp3) is 0.512. The predicted molar refractivity (Wildman–Crippen MR) is 201 cm³/mol. The van der Waals surface area contributed by atoms with E-state index in [1.54, 1.807) is 6.07 Å². The maximum Gasteiger partial charge on any atom is 0.262 e. The smallest absolute Gasteiger partial charge is 0.262 e. The van der Waals surface area contributed by atoms with Gasteiger partial charge in [-0.2, -0.15) is 0 Å². The van der Waals surface area contributed by atoms with Crippen molar-refractivity contribution in [3.05, 3.63) is 82.9 Å². The van der Waals surface area contributed by atoms with Crippen LogP contribution in [0.1, 0.15) is 68.2 Å². The second kappa shape index (κ2) is 18.4. The first-order valence-electron chi connectivity index (χ1n) is 18.6. The number of carbonyl (C=O) groups is 2. The lowest BCUT2D eigenvalue weighted by molar-refractivity contribution is -0.132. The zero-order chi connectivity index (χ0) is 36.2. The number of phenols is 2. The Bertz CT molecular complexity index is 1590. The first kappa shape index (κ1) is 38.1. The Balaban J connectivity index is 1.09. The van der Waals surface area contributed by atoms with E-state index < -0.39 is 0 Å². The summed E-state index contributed by atoms with van der Waals surface area (Å²) in [6.07, 6.45) is 5.60. The number of nitrogens with zero attached hydrogens (tertiary/aromatic N) is 2. The van der Waals surface area contributed by atoms with Crippen LogP contribution in [-0.4, -0.2) is 98.0 Å². The van der Waals surface area contributed by atoms with Gasteiger partial charge in [-0.25, -0.2) is 0 Å². The van der Waals surface area contributed by atoms with Crippen molar-refractivity contribution in [1.82, 2.24) is 15.1 Å². The lowest BCUT2D eigenvalue weighted by Crippen LogP contribution is -2.41. The number of amides is 2. The van der Waals surface area contributed by atoms with Crippen molar-refractivity contribution in [1.29, 1.82) is 0 Å². The molecule has 10 nitrogen and oxygen atoms in total. The molecule has 0 atom stereocenters.